The van der Waals surface area contributed by atoms with E-state index in [9.17, 15) is 9.90 Å². The van der Waals surface area contributed by atoms with Crippen LogP contribution in [0.15, 0.2) is 24.4 Å². The Hall–Kier alpha value is -2.62. The third-order valence-electron chi connectivity index (χ3n) is 6.83. The van der Waals surface area contributed by atoms with Crippen molar-refractivity contribution in [3.05, 3.63) is 34.4 Å². The van der Waals surface area contributed by atoms with Gasteiger partial charge < -0.3 is 21.5 Å². The van der Waals surface area contributed by atoms with Gasteiger partial charge in [-0.1, -0.05) is 29.3 Å². The van der Waals surface area contributed by atoms with Gasteiger partial charge in [0.2, 0.25) is 17.8 Å². The highest BCUT2D eigenvalue weighted by Gasteiger charge is 2.30. The summed E-state index contributed by atoms with van der Waals surface area (Å²) >= 11 is 12.8. The molecule has 9 nitrogen and oxygen atoms in total. The van der Waals surface area contributed by atoms with Gasteiger partial charge in [-0.3, -0.25) is 9.36 Å². The van der Waals surface area contributed by atoms with Crippen LogP contribution in [0.5, 0.6) is 0 Å². The molecule has 0 saturated heterocycles. The largest absolute Gasteiger partial charge is 0.393 e. The minimum atomic E-state index is -0.289. The van der Waals surface area contributed by atoms with Gasteiger partial charge in [-0.25, -0.2) is 9.97 Å². The van der Waals surface area contributed by atoms with E-state index in [1.807, 2.05) is 0 Å². The van der Waals surface area contributed by atoms with Crippen LogP contribution in [0.4, 0.5) is 17.6 Å². The molecule has 2 fully saturated rings. The van der Waals surface area contributed by atoms with Gasteiger partial charge >= 0.3 is 0 Å². The van der Waals surface area contributed by atoms with Crippen LogP contribution in [0, 0.1) is 5.92 Å². The van der Waals surface area contributed by atoms with Crippen LogP contribution >= 0.6 is 23.2 Å². The number of carbonyl (C=O) groups excluding carboxylic acids is 1. The fraction of sp³-hybridized carbons (Fsp3) is 0.478. The Balaban J connectivity index is 1.52. The Morgan fingerprint density at radius 2 is 1.82 bits per heavy atom. The number of nitrogens with one attached hydrogen (secondary N) is 2. The number of imidazole rings is 1. The number of aliphatic hydroxyl groups is 1. The van der Waals surface area contributed by atoms with Crippen LogP contribution in [-0.4, -0.2) is 42.7 Å². The molecular formula is C23H27Cl2N7O2. The summed E-state index contributed by atoms with van der Waals surface area (Å²) in [6.07, 6.45) is 6.69. The maximum Gasteiger partial charge on any atom is 0.224 e. The lowest BCUT2D eigenvalue weighted by Gasteiger charge is -2.29. The number of hydrogen-bond acceptors (Lipinski definition) is 7. The molecule has 11 heteroatoms. The summed E-state index contributed by atoms with van der Waals surface area (Å²) in [5.74, 6) is 0.708. The highest BCUT2D eigenvalue weighted by molar-refractivity contribution is 6.39. The molecule has 2 atom stereocenters. The van der Waals surface area contributed by atoms with E-state index in [4.69, 9.17) is 38.9 Å². The Bertz CT molecular complexity index is 1190. The topological polar surface area (TPSA) is 131 Å². The van der Waals surface area contributed by atoms with Gasteiger partial charge in [0.15, 0.2) is 5.65 Å². The van der Waals surface area contributed by atoms with Gasteiger partial charge in [-0.2, -0.15) is 4.98 Å². The molecule has 34 heavy (non-hydrogen) atoms. The fourth-order valence-electron chi connectivity index (χ4n) is 5.01. The quantitative estimate of drug-likeness (QED) is 0.391. The smallest absolute Gasteiger partial charge is 0.224 e. The molecule has 0 radical (unpaired) electrons. The number of nitrogens with zero attached hydrogens (tertiary/aromatic N) is 4. The Morgan fingerprint density at radius 1 is 1.09 bits per heavy atom. The molecule has 0 aliphatic heterocycles. The fourth-order valence-corrected chi connectivity index (χ4v) is 5.51. The predicted molar refractivity (Wildman–Crippen MR) is 133 cm³/mol. The van der Waals surface area contributed by atoms with E-state index in [1.54, 1.807) is 24.4 Å². The van der Waals surface area contributed by atoms with Crippen molar-refractivity contribution in [1.82, 2.24) is 19.5 Å². The van der Waals surface area contributed by atoms with Crippen molar-refractivity contribution in [2.24, 2.45) is 11.7 Å². The number of rotatable bonds is 6. The standard InChI is InChI=1S/C23H27Cl2N7O2/c24-16-2-1-3-17(25)19(16)30-23-29-18-11-27-22(28-13-6-9-15(33)10-13)31-21(18)32(23)14-7-4-12(5-8-14)20(26)34/h1-3,11-15,33H,4-10H2,(H2,26,34)(H,29,30)(H,27,28,31)/t12?,13-,14?,15?/m1/s1. The van der Waals surface area contributed by atoms with E-state index in [-0.39, 0.29) is 30.0 Å². The molecule has 2 aliphatic carbocycles. The number of fused-ring (bicyclic) bond motifs is 1. The van der Waals surface area contributed by atoms with Crippen molar-refractivity contribution >= 4 is 57.9 Å². The molecule has 1 amide bonds. The maximum atomic E-state index is 11.7. The number of para-hydroxylation sites is 1. The van der Waals surface area contributed by atoms with Crippen molar-refractivity contribution in [3.63, 3.8) is 0 Å². The first kappa shape index (κ1) is 23.1. The molecule has 5 rings (SSSR count). The van der Waals surface area contributed by atoms with Crippen molar-refractivity contribution in [2.75, 3.05) is 10.6 Å². The number of nitrogens with two attached hydrogens (primary N) is 1. The van der Waals surface area contributed by atoms with Crippen LogP contribution in [-0.2, 0) is 4.79 Å². The van der Waals surface area contributed by atoms with Crippen LogP contribution < -0.4 is 16.4 Å². The number of anilines is 3. The Labute approximate surface area is 207 Å². The number of aliphatic hydroxyl groups excluding tert-OH is 1. The van der Waals surface area contributed by atoms with Crippen molar-refractivity contribution in [1.29, 1.82) is 0 Å². The predicted octanol–water partition coefficient (Wildman–Crippen LogP) is 4.42. The third-order valence-corrected chi connectivity index (χ3v) is 7.46. The van der Waals surface area contributed by atoms with Crippen LogP contribution in [0.3, 0.4) is 0 Å². The van der Waals surface area contributed by atoms with Crippen molar-refractivity contribution < 1.29 is 9.90 Å². The SMILES string of the molecule is NC(=O)C1CCC(n2c(Nc3c(Cl)cccc3Cl)nc3cnc(N[C@@H]4CCC(O)C4)nc32)CC1. The molecule has 2 aliphatic rings. The summed E-state index contributed by atoms with van der Waals surface area (Å²) in [4.78, 5) is 25.7. The van der Waals surface area contributed by atoms with Gasteiger partial charge in [0.05, 0.1) is 28.0 Å². The molecular weight excluding hydrogens is 477 g/mol. The number of halogens is 2. The average molecular weight is 504 g/mol. The zero-order valence-electron chi connectivity index (χ0n) is 18.5. The lowest BCUT2D eigenvalue weighted by molar-refractivity contribution is -0.122. The number of benzene rings is 1. The number of primary amides is 1. The summed E-state index contributed by atoms with van der Waals surface area (Å²) in [5, 5.41) is 17.5. The first-order valence-corrected chi connectivity index (χ1v) is 12.3. The van der Waals surface area contributed by atoms with E-state index < -0.39 is 0 Å². The first-order valence-electron chi connectivity index (χ1n) is 11.6. The molecule has 2 aromatic heterocycles. The average Bonchev–Trinajstić information content (AvgIpc) is 3.38. The van der Waals surface area contributed by atoms with E-state index in [2.05, 4.69) is 20.2 Å². The second-order valence-electron chi connectivity index (χ2n) is 9.15. The minimum Gasteiger partial charge on any atom is -0.393 e. The minimum absolute atomic E-state index is 0.0698. The Morgan fingerprint density at radius 3 is 2.47 bits per heavy atom. The lowest BCUT2D eigenvalue weighted by Crippen LogP contribution is -2.28. The van der Waals surface area contributed by atoms with Gasteiger partial charge in [-0.05, 0) is 57.1 Å². The van der Waals surface area contributed by atoms with E-state index in [1.165, 1.54) is 0 Å². The zero-order valence-corrected chi connectivity index (χ0v) is 20.1. The summed E-state index contributed by atoms with van der Waals surface area (Å²) in [5.41, 5.74) is 7.44. The van der Waals surface area contributed by atoms with Crippen LogP contribution in [0.1, 0.15) is 51.0 Å². The van der Waals surface area contributed by atoms with Crippen molar-refractivity contribution in [2.45, 2.75) is 63.1 Å². The lowest BCUT2D eigenvalue weighted by atomic mass is 9.85. The monoisotopic (exact) mass is 503 g/mol. The van der Waals surface area contributed by atoms with Crippen LogP contribution in [0.25, 0.3) is 11.2 Å². The molecule has 1 aromatic carbocycles. The number of aromatic nitrogens is 4. The van der Waals surface area contributed by atoms with Gasteiger partial charge in [-0.15, -0.1) is 0 Å². The summed E-state index contributed by atoms with van der Waals surface area (Å²) in [6, 6.07) is 5.51. The maximum absolute atomic E-state index is 11.7. The number of amides is 1. The first-order chi connectivity index (χ1) is 16.4. The van der Waals surface area contributed by atoms with E-state index >= 15 is 0 Å². The molecule has 180 valence electrons. The number of hydrogen-bond donors (Lipinski definition) is 4. The normalized spacial score (nSPS) is 24.9. The second-order valence-corrected chi connectivity index (χ2v) is 9.96. The third kappa shape index (κ3) is 4.64. The zero-order chi connectivity index (χ0) is 23.8. The summed E-state index contributed by atoms with van der Waals surface area (Å²) in [6.45, 7) is 0. The highest BCUT2D eigenvalue weighted by Crippen LogP contribution is 2.39. The van der Waals surface area contributed by atoms with E-state index in [0.29, 0.717) is 58.1 Å². The Kier molecular flexibility index (Phi) is 6.50. The van der Waals surface area contributed by atoms with Crippen LogP contribution in [0.2, 0.25) is 10.0 Å². The van der Waals surface area contributed by atoms with E-state index in [0.717, 1.165) is 25.7 Å². The van der Waals surface area contributed by atoms with Gasteiger partial charge in [0, 0.05) is 18.0 Å². The molecule has 5 N–H and O–H groups in total. The second kappa shape index (κ2) is 9.56. The molecule has 0 bridgehead atoms. The molecule has 0 spiro atoms. The number of carbonyl (C=O) groups is 1. The molecule has 3 aromatic rings. The molecule has 1 unspecified atom stereocenters. The molecule has 2 saturated carbocycles. The van der Waals surface area contributed by atoms with Crippen molar-refractivity contribution in [3.8, 4) is 0 Å². The summed E-state index contributed by atoms with van der Waals surface area (Å²) in [7, 11) is 0. The molecule has 2 heterocycles. The highest BCUT2D eigenvalue weighted by atomic mass is 35.5. The van der Waals surface area contributed by atoms with Gasteiger partial charge in [0.1, 0.15) is 5.52 Å². The summed E-state index contributed by atoms with van der Waals surface area (Å²) < 4.78 is 2.06. The van der Waals surface area contributed by atoms with Gasteiger partial charge in [0.25, 0.3) is 0 Å².